The number of benzene rings is 1. The Labute approximate surface area is 153 Å². The summed E-state index contributed by atoms with van der Waals surface area (Å²) in [6.45, 7) is 0.674. The van der Waals surface area contributed by atoms with Gasteiger partial charge in [-0.05, 0) is 31.2 Å². The average Bonchev–Trinajstić information content (AvgIpc) is 2.63. The summed E-state index contributed by atoms with van der Waals surface area (Å²) in [5.74, 6) is 0.258. The highest BCUT2D eigenvalue weighted by atomic mass is 35.5. The fraction of sp³-hybridized carbons (Fsp3) is 0.556. The predicted molar refractivity (Wildman–Crippen MR) is 95.5 cm³/mol. The molecule has 1 aromatic carbocycles. The molecule has 0 aromatic heterocycles. The molecule has 1 aliphatic rings. The molecule has 0 heterocycles. The second kappa shape index (κ2) is 10.9. The van der Waals surface area contributed by atoms with Crippen molar-refractivity contribution in [1.29, 1.82) is 0 Å². The minimum absolute atomic E-state index is 0.0384. The number of carbonyl (C=O) groups excluding carboxylic acids is 2. The maximum atomic E-state index is 11.9. The van der Waals surface area contributed by atoms with E-state index < -0.39 is 6.09 Å². The first kappa shape index (κ1) is 19.5. The van der Waals surface area contributed by atoms with E-state index in [1.165, 1.54) is 0 Å². The van der Waals surface area contributed by atoms with Crippen LogP contribution in [0.1, 0.15) is 31.2 Å². The third-order valence-corrected chi connectivity index (χ3v) is 4.24. The maximum absolute atomic E-state index is 11.9. The predicted octanol–water partition coefficient (Wildman–Crippen LogP) is 2.60. The second-order valence-corrected chi connectivity index (χ2v) is 6.44. The summed E-state index contributed by atoms with van der Waals surface area (Å²) in [5, 5.41) is 5.84. The van der Waals surface area contributed by atoms with Crippen LogP contribution in [-0.4, -0.2) is 43.2 Å². The Morgan fingerprint density at radius 3 is 2.32 bits per heavy atom. The Kier molecular flexibility index (Phi) is 8.55. The molecule has 0 spiro atoms. The number of carbonyl (C=O) groups is 2. The van der Waals surface area contributed by atoms with E-state index in [1.54, 1.807) is 0 Å². The van der Waals surface area contributed by atoms with E-state index in [4.69, 9.17) is 21.1 Å². The molecular weight excluding hydrogens is 344 g/mol. The summed E-state index contributed by atoms with van der Waals surface area (Å²) in [6, 6.07) is 9.79. The number of hydrogen-bond acceptors (Lipinski definition) is 4. The number of ether oxygens (including phenoxy) is 2. The highest BCUT2D eigenvalue weighted by molar-refractivity contribution is 6.17. The van der Waals surface area contributed by atoms with Crippen molar-refractivity contribution in [2.75, 3.05) is 19.1 Å². The van der Waals surface area contributed by atoms with Crippen LogP contribution in [0.25, 0.3) is 0 Å². The van der Waals surface area contributed by atoms with Crippen molar-refractivity contribution in [3.8, 4) is 0 Å². The molecule has 6 nitrogen and oxygen atoms in total. The van der Waals surface area contributed by atoms with Crippen LogP contribution in [0.3, 0.4) is 0 Å². The van der Waals surface area contributed by atoms with Crippen molar-refractivity contribution >= 4 is 23.6 Å². The molecule has 1 saturated carbocycles. The first-order valence-electron chi connectivity index (χ1n) is 8.57. The van der Waals surface area contributed by atoms with E-state index in [9.17, 15) is 9.59 Å². The molecule has 1 fully saturated rings. The van der Waals surface area contributed by atoms with E-state index >= 15 is 0 Å². The van der Waals surface area contributed by atoms with E-state index in [1.807, 2.05) is 30.3 Å². The Hall–Kier alpha value is -1.79. The summed E-state index contributed by atoms with van der Waals surface area (Å²) >= 11 is 5.49. The van der Waals surface area contributed by atoms with Gasteiger partial charge < -0.3 is 20.1 Å². The molecule has 0 atom stereocenters. The van der Waals surface area contributed by atoms with Gasteiger partial charge in [-0.25, -0.2) is 4.79 Å². The maximum Gasteiger partial charge on any atom is 0.407 e. The Morgan fingerprint density at radius 1 is 1.04 bits per heavy atom. The lowest BCUT2D eigenvalue weighted by molar-refractivity contribution is -0.126. The number of alkyl carbamates (subject to hydrolysis) is 1. The molecule has 0 aliphatic heterocycles. The molecular formula is C18H25ClN2O4. The number of nitrogens with one attached hydrogen (secondary N) is 2. The molecule has 0 bridgehead atoms. The zero-order chi connectivity index (χ0) is 17.9. The van der Waals surface area contributed by atoms with Crippen molar-refractivity contribution in [3.05, 3.63) is 35.9 Å². The van der Waals surface area contributed by atoms with Crippen molar-refractivity contribution in [2.24, 2.45) is 0 Å². The lowest BCUT2D eigenvalue weighted by Gasteiger charge is -2.29. The fourth-order valence-electron chi connectivity index (χ4n) is 2.80. The van der Waals surface area contributed by atoms with Crippen molar-refractivity contribution in [3.63, 3.8) is 0 Å². The van der Waals surface area contributed by atoms with Gasteiger partial charge in [-0.2, -0.15) is 0 Å². The van der Waals surface area contributed by atoms with Gasteiger partial charge >= 0.3 is 6.09 Å². The third-order valence-electron chi connectivity index (χ3n) is 4.08. The molecule has 2 rings (SSSR count). The number of halogens is 1. The lowest BCUT2D eigenvalue weighted by atomic mass is 9.91. The Bertz CT molecular complexity index is 533. The Balaban J connectivity index is 1.60. The van der Waals surface area contributed by atoms with Gasteiger partial charge in [-0.1, -0.05) is 30.3 Å². The van der Waals surface area contributed by atoms with E-state index in [-0.39, 0.29) is 31.2 Å². The van der Waals surface area contributed by atoms with E-state index in [2.05, 4.69) is 10.6 Å². The molecule has 2 N–H and O–H groups in total. The topological polar surface area (TPSA) is 76.7 Å². The molecule has 1 aromatic rings. The first-order valence-corrected chi connectivity index (χ1v) is 9.11. The molecule has 138 valence electrons. The summed E-state index contributed by atoms with van der Waals surface area (Å²) in [4.78, 5) is 23.6. The first-order chi connectivity index (χ1) is 12.2. The van der Waals surface area contributed by atoms with Crippen LogP contribution < -0.4 is 10.6 Å². The van der Waals surface area contributed by atoms with Gasteiger partial charge in [-0.3, -0.25) is 4.79 Å². The zero-order valence-corrected chi connectivity index (χ0v) is 15.0. The molecule has 25 heavy (non-hydrogen) atoms. The van der Waals surface area contributed by atoms with Crippen LogP contribution in [0.2, 0.25) is 0 Å². The van der Waals surface area contributed by atoms with Gasteiger partial charge in [0.25, 0.3) is 0 Å². The van der Waals surface area contributed by atoms with Crippen LogP contribution in [0.4, 0.5) is 4.79 Å². The normalized spacial score (nSPS) is 19.9. The number of hydrogen-bond donors (Lipinski definition) is 2. The molecule has 2 amide bonds. The number of amides is 2. The zero-order valence-electron chi connectivity index (χ0n) is 14.2. The van der Waals surface area contributed by atoms with Crippen molar-refractivity contribution in [2.45, 2.75) is 44.4 Å². The lowest BCUT2D eigenvalue weighted by Crippen LogP contribution is -2.44. The smallest absolute Gasteiger partial charge is 0.407 e. The van der Waals surface area contributed by atoms with E-state index in [0.717, 1.165) is 31.2 Å². The van der Waals surface area contributed by atoms with Crippen LogP contribution in [0, 0.1) is 0 Å². The molecule has 7 heteroatoms. The highest BCUT2D eigenvalue weighted by Crippen LogP contribution is 2.18. The largest absolute Gasteiger partial charge is 0.445 e. The summed E-state index contributed by atoms with van der Waals surface area (Å²) < 4.78 is 10.3. The highest BCUT2D eigenvalue weighted by Gasteiger charge is 2.23. The van der Waals surface area contributed by atoms with Gasteiger partial charge in [0.1, 0.15) is 13.2 Å². The van der Waals surface area contributed by atoms with Crippen LogP contribution in [-0.2, 0) is 20.9 Å². The van der Waals surface area contributed by atoms with Gasteiger partial charge in [-0.15, -0.1) is 11.6 Å². The summed E-state index contributed by atoms with van der Waals surface area (Å²) in [5.41, 5.74) is 0.959. The average molecular weight is 369 g/mol. The summed E-state index contributed by atoms with van der Waals surface area (Å²) in [6.07, 6.45) is 2.88. The second-order valence-electron chi connectivity index (χ2n) is 6.06. The fourth-order valence-corrected chi connectivity index (χ4v) is 2.91. The van der Waals surface area contributed by atoms with Crippen LogP contribution >= 0.6 is 11.6 Å². The number of rotatable bonds is 8. The minimum Gasteiger partial charge on any atom is -0.445 e. The quantitative estimate of drug-likeness (QED) is 0.546. The van der Waals surface area contributed by atoms with Crippen LogP contribution in [0.5, 0.6) is 0 Å². The molecule has 0 saturated heterocycles. The van der Waals surface area contributed by atoms with E-state index in [0.29, 0.717) is 12.5 Å². The molecule has 0 radical (unpaired) electrons. The summed E-state index contributed by atoms with van der Waals surface area (Å²) in [7, 11) is 0. The molecule has 1 aliphatic carbocycles. The van der Waals surface area contributed by atoms with Gasteiger partial charge in [0, 0.05) is 18.0 Å². The van der Waals surface area contributed by atoms with Crippen molar-refractivity contribution in [1.82, 2.24) is 10.6 Å². The SMILES string of the molecule is O=C(COCCCl)N[C@H]1CC[C@H](NC(=O)OCc2ccccc2)CC1. The van der Waals surface area contributed by atoms with Gasteiger partial charge in [0.15, 0.2) is 0 Å². The monoisotopic (exact) mass is 368 g/mol. The standard InChI is InChI=1S/C18H25ClN2O4/c19-10-11-24-13-17(22)20-15-6-8-16(9-7-15)21-18(23)25-12-14-4-2-1-3-5-14/h1-5,15-16H,6-13H2,(H,20,22)(H,21,23)/t15-,16-. The third kappa shape index (κ3) is 7.75. The minimum atomic E-state index is -0.397. The Morgan fingerprint density at radius 2 is 1.68 bits per heavy atom. The van der Waals surface area contributed by atoms with Gasteiger partial charge in [0.05, 0.1) is 6.61 Å². The molecule has 0 unspecified atom stereocenters. The van der Waals surface area contributed by atoms with Crippen LogP contribution in [0.15, 0.2) is 30.3 Å². The number of alkyl halides is 1. The van der Waals surface area contributed by atoms with Crippen molar-refractivity contribution < 1.29 is 19.1 Å². The van der Waals surface area contributed by atoms with Gasteiger partial charge in [0.2, 0.25) is 5.91 Å².